The number of rotatable bonds is 5. The molecule has 0 radical (unpaired) electrons. The maximum atomic E-state index is 12.3. The molecule has 4 nitrogen and oxygen atoms in total. The molecule has 0 aromatic heterocycles. The SMILES string of the molecule is CN(C)C(=O)CC(NC(=O)c1ccccc1)c1ccccc1. The van der Waals surface area contributed by atoms with E-state index in [9.17, 15) is 9.59 Å². The van der Waals surface area contributed by atoms with Gasteiger partial charge in [0.25, 0.3) is 5.91 Å². The highest BCUT2D eigenvalue weighted by molar-refractivity contribution is 5.94. The molecule has 0 bridgehead atoms. The van der Waals surface area contributed by atoms with Gasteiger partial charge in [-0.1, -0.05) is 48.5 Å². The Bertz CT molecular complexity index is 624. The van der Waals surface area contributed by atoms with Gasteiger partial charge in [-0.2, -0.15) is 0 Å². The normalized spacial score (nSPS) is 11.5. The molecule has 114 valence electrons. The van der Waals surface area contributed by atoms with Gasteiger partial charge in [0.1, 0.15) is 0 Å². The lowest BCUT2D eigenvalue weighted by Crippen LogP contribution is -2.33. The van der Waals surface area contributed by atoms with E-state index in [0.29, 0.717) is 5.56 Å². The molecule has 2 rings (SSSR count). The van der Waals surface area contributed by atoms with Crippen LogP contribution < -0.4 is 5.32 Å². The van der Waals surface area contributed by atoms with Crippen molar-refractivity contribution in [2.45, 2.75) is 12.5 Å². The van der Waals surface area contributed by atoms with E-state index >= 15 is 0 Å². The predicted octanol–water partition coefficient (Wildman–Crippen LogP) is 2.64. The van der Waals surface area contributed by atoms with E-state index in [1.807, 2.05) is 48.5 Å². The zero-order chi connectivity index (χ0) is 15.9. The molecule has 4 heteroatoms. The van der Waals surface area contributed by atoms with Gasteiger partial charge in [0.15, 0.2) is 0 Å². The summed E-state index contributed by atoms with van der Waals surface area (Å²) < 4.78 is 0. The zero-order valence-corrected chi connectivity index (χ0v) is 12.8. The first kappa shape index (κ1) is 15.8. The van der Waals surface area contributed by atoms with E-state index in [1.54, 1.807) is 26.2 Å². The van der Waals surface area contributed by atoms with E-state index in [0.717, 1.165) is 5.56 Å². The molecular weight excluding hydrogens is 276 g/mol. The van der Waals surface area contributed by atoms with Crippen LogP contribution in [0.25, 0.3) is 0 Å². The first-order valence-corrected chi connectivity index (χ1v) is 7.19. The third kappa shape index (κ3) is 4.19. The van der Waals surface area contributed by atoms with Crippen molar-refractivity contribution >= 4 is 11.8 Å². The molecule has 1 atom stereocenters. The van der Waals surface area contributed by atoms with Crippen molar-refractivity contribution in [3.05, 3.63) is 71.8 Å². The van der Waals surface area contributed by atoms with Gasteiger partial charge in [0.05, 0.1) is 12.5 Å². The molecule has 0 saturated carbocycles. The van der Waals surface area contributed by atoms with Crippen molar-refractivity contribution < 1.29 is 9.59 Å². The van der Waals surface area contributed by atoms with E-state index in [2.05, 4.69) is 5.32 Å². The molecule has 2 aromatic rings. The van der Waals surface area contributed by atoms with Crippen molar-refractivity contribution in [2.24, 2.45) is 0 Å². The molecule has 0 fully saturated rings. The van der Waals surface area contributed by atoms with Crippen LogP contribution in [-0.4, -0.2) is 30.8 Å². The number of nitrogens with zero attached hydrogens (tertiary/aromatic N) is 1. The lowest BCUT2D eigenvalue weighted by molar-refractivity contribution is -0.129. The second-order valence-electron chi connectivity index (χ2n) is 5.30. The highest BCUT2D eigenvalue weighted by Gasteiger charge is 2.19. The van der Waals surface area contributed by atoms with Gasteiger partial charge >= 0.3 is 0 Å². The Kier molecular flexibility index (Phi) is 5.31. The number of amides is 2. The van der Waals surface area contributed by atoms with Crippen LogP contribution in [0.1, 0.15) is 28.4 Å². The van der Waals surface area contributed by atoms with E-state index in [1.165, 1.54) is 4.90 Å². The lowest BCUT2D eigenvalue weighted by Gasteiger charge is -2.21. The summed E-state index contributed by atoms with van der Waals surface area (Å²) in [7, 11) is 3.42. The lowest BCUT2D eigenvalue weighted by atomic mass is 10.0. The quantitative estimate of drug-likeness (QED) is 0.922. The van der Waals surface area contributed by atoms with Crippen molar-refractivity contribution in [2.75, 3.05) is 14.1 Å². The molecule has 0 saturated heterocycles. The number of carbonyl (C=O) groups excluding carboxylic acids is 2. The summed E-state index contributed by atoms with van der Waals surface area (Å²) in [5.41, 5.74) is 1.50. The molecule has 22 heavy (non-hydrogen) atoms. The van der Waals surface area contributed by atoms with Gasteiger partial charge in [-0.25, -0.2) is 0 Å². The van der Waals surface area contributed by atoms with Crippen LogP contribution in [0.2, 0.25) is 0 Å². The summed E-state index contributed by atoms with van der Waals surface area (Å²) >= 11 is 0. The zero-order valence-electron chi connectivity index (χ0n) is 12.8. The fourth-order valence-electron chi connectivity index (χ4n) is 2.13. The minimum atomic E-state index is -0.344. The molecule has 0 spiro atoms. The highest BCUT2D eigenvalue weighted by Crippen LogP contribution is 2.18. The second-order valence-corrected chi connectivity index (χ2v) is 5.30. The molecule has 1 N–H and O–H groups in total. The Morgan fingerprint density at radius 1 is 0.955 bits per heavy atom. The van der Waals surface area contributed by atoms with Gasteiger partial charge in [0, 0.05) is 19.7 Å². The summed E-state index contributed by atoms with van der Waals surface area (Å²) in [4.78, 5) is 25.9. The van der Waals surface area contributed by atoms with Crippen LogP contribution in [0.15, 0.2) is 60.7 Å². The molecule has 0 heterocycles. The van der Waals surface area contributed by atoms with Gasteiger partial charge in [-0.05, 0) is 17.7 Å². The van der Waals surface area contributed by atoms with Crippen LogP contribution in [0.5, 0.6) is 0 Å². The van der Waals surface area contributed by atoms with Crippen LogP contribution in [-0.2, 0) is 4.79 Å². The first-order valence-electron chi connectivity index (χ1n) is 7.19. The molecular formula is C18H20N2O2. The molecule has 2 amide bonds. The van der Waals surface area contributed by atoms with Crippen LogP contribution in [0, 0.1) is 0 Å². The summed E-state index contributed by atoms with van der Waals surface area (Å²) in [6, 6.07) is 18.2. The average molecular weight is 296 g/mol. The minimum absolute atomic E-state index is 0.0257. The van der Waals surface area contributed by atoms with Crippen molar-refractivity contribution in [1.29, 1.82) is 0 Å². The second kappa shape index (κ2) is 7.41. The Morgan fingerprint density at radius 2 is 1.50 bits per heavy atom. The molecule has 0 aliphatic heterocycles. The summed E-state index contributed by atoms with van der Waals surface area (Å²) in [5.74, 6) is -0.205. The molecule has 0 aliphatic carbocycles. The molecule has 0 aliphatic rings. The fourth-order valence-corrected chi connectivity index (χ4v) is 2.13. The number of hydrogen-bond donors (Lipinski definition) is 1. The van der Waals surface area contributed by atoms with Crippen LogP contribution >= 0.6 is 0 Å². The third-order valence-electron chi connectivity index (χ3n) is 3.42. The largest absolute Gasteiger partial charge is 0.349 e. The number of nitrogens with one attached hydrogen (secondary N) is 1. The Morgan fingerprint density at radius 3 is 2.05 bits per heavy atom. The van der Waals surface area contributed by atoms with Crippen molar-refractivity contribution in [3.63, 3.8) is 0 Å². The van der Waals surface area contributed by atoms with Crippen molar-refractivity contribution in [1.82, 2.24) is 10.2 Å². The van der Waals surface area contributed by atoms with E-state index < -0.39 is 0 Å². The maximum Gasteiger partial charge on any atom is 0.251 e. The predicted molar refractivity (Wildman–Crippen MR) is 86.4 cm³/mol. The van der Waals surface area contributed by atoms with Crippen LogP contribution in [0.3, 0.4) is 0 Å². The molecule has 2 aromatic carbocycles. The molecule has 1 unspecified atom stereocenters. The average Bonchev–Trinajstić information content (AvgIpc) is 2.55. The first-order chi connectivity index (χ1) is 10.6. The number of hydrogen-bond acceptors (Lipinski definition) is 2. The van der Waals surface area contributed by atoms with E-state index in [-0.39, 0.29) is 24.3 Å². The third-order valence-corrected chi connectivity index (χ3v) is 3.42. The van der Waals surface area contributed by atoms with Crippen LogP contribution in [0.4, 0.5) is 0 Å². The number of carbonyl (C=O) groups is 2. The minimum Gasteiger partial charge on any atom is -0.349 e. The Hall–Kier alpha value is -2.62. The van der Waals surface area contributed by atoms with Crippen molar-refractivity contribution in [3.8, 4) is 0 Å². The topological polar surface area (TPSA) is 49.4 Å². The standard InChI is InChI=1S/C18H20N2O2/c1-20(2)17(21)13-16(14-9-5-3-6-10-14)19-18(22)15-11-7-4-8-12-15/h3-12,16H,13H2,1-2H3,(H,19,22). The van der Waals surface area contributed by atoms with Gasteiger partial charge < -0.3 is 10.2 Å². The smallest absolute Gasteiger partial charge is 0.251 e. The Labute approximate surface area is 130 Å². The fraction of sp³-hybridized carbons (Fsp3) is 0.222. The summed E-state index contributed by atoms with van der Waals surface area (Å²) in [6.07, 6.45) is 0.232. The van der Waals surface area contributed by atoms with Gasteiger partial charge in [-0.15, -0.1) is 0 Å². The maximum absolute atomic E-state index is 12.3. The van der Waals surface area contributed by atoms with E-state index in [4.69, 9.17) is 0 Å². The Balaban J connectivity index is 2.18. The highest BCUT2D eigenvalue weighted by atomic mass is 16.2. The summed E-state index contributed by atoms with van der Waals surface area (Å²) in [6.45, 7) is 0. The van der Waals surface area contributed by atoms with Gasteiger partial charge in [0.2, 0.25) is 5.91 Å². The summed E-state index contributed by atoms with van der Waals surface area (Å²) in [5, 5.41) is 2.95. The number of benzene rings is 2. The monoisotopic (exact) mass is 296 g/mol. The van der Waals surface area contributed by atoms with Gasteiger partial charge in [-0.3, -0.25) is 9.59 Å².